The van der Waals surface area contributed by atoms with Crippen LogP contribution < -0.4 is 10.2 Å². The largest absolute Gasteiger partial charge is 0.493 e. The Hall–Kier alpha value is -2.56. The van der Waals surface area contributed by atoms with Crippen molar-refractivity contribution in [3.05, 3.63) is 54.0 Å². The third kappa shape index (κ3) is 4.80. The van der Waals surface area contributed by atoms with Gasteiger partial charge >= 0.3 is 0 Å². The van der Waals surface area contributed by atoms with Gasteiger partial charge in [0, 0.05) is 5.56 Å². The van der Waals surface area contributed by atoms with Gasteiger partial charge in [-0.05, 0) is 42.3 Å². The Labute approximate surface area is 123 Å². The lowest BCUT2D eigenvalue weighted by Gasteiger charge is -2.08. The molecule has 0 saturated carbocycles. The molecule has 5 heteroatoms. The predicted molar refractivity (Wildman–Crippen MR) is 80.5 cm³/mol. The molecule has 1 heterocycles. The van der Waals surface area contributed by atoms with E-state index < -0.39 is 0 Å². The standard InChI is InChI=1S/C16H18N2O3/c1-12(2)11-21-14-7-5-13(6-8-14)16(19)18-17-10-15-4-3-9-20-15/h3-10,12H,11H2,1-2H3,(H,18,19). The zero-order valence-corrected chi connectivity index (χ0v) is 12.1. The molecule has 0 spiro atoms. The Kier molecular flexibility index (Phi) is 5.15. The summed E-state index contributed by atoms with van der Waals surface area (Å²) in [5.41, 5.74) is 2.95. The molecular weight excluding hydrogens is 268 g/mol. The van der Waals surface area contributed by atoms with E-state index in [1.54, 1.807) is 42.7 Å². The number of rotatable bonds is 6. The first-order valence-electron chi connectivity index (χ1n) is 6.75. The second-order valence-electron chi connectivity index (χ2n) is 4.94. The van der Waals surface area contributed by atoms with Crippen LogP contribution >= 0.6 is 0 Å². The number of nitrogens with one attached hydrogen (secondary N) is 1. The number of amides is 1. The Bertz CT molecular complexity index is 586. The van der Waals surface area contributed by atoms with Crippen LogP contribution in [0, 0.1) is 5.92 Å². The Morgan fingerprint density at radius 2 is 2.10 bits per heavy atom. The first kappa shape index (κ1) is 14.8. The third-order valence-electron chi connectivity index (χ3n) is 2.60. The van der Waals surface area contributed by atoms with E-state index in [1.165, 1.54) is 6.21 Å². The number of carbonyl (C=O) groups excluding carboxylic acids is 1. The minimum Gasteiger partial charge on any atom is -0.493 e. The van der Waals surface area contributed by atoms with Crippen molar-refractivity contribution < 1.29 is 13.9 Å². The fourth-order valence-electron chi connectivity index (χ4n) is 1.55. The van der Waals surface area contributed by atoms with Crippen LogP contribution in [0.2, 0.25) is 0 Å². The number of hydrogen-bond acceptors (Lipinski definition) is 4. The summed E-state index contributed by atoms with van der Waals surface area (Å²) in [7, 11) is 0. The second-order valence-corrected chi connectivity index (χ2v) is 4.94. The van der Waals surface area contributed by atoms with Gasteiger partial charge in [0.1, 0.15) is 11.5 Å². The van der Waals surface area contributed by atoms with Gasteiger partial charge in [0.2, 0.25) is 0 Å². The van der Waals surface area contributed by atoms with Crippen molar-refractivity contribution in [2.45, 2.75) is 13.8 Å². The molecule has 5 nitrogen and oxygen atoms in total. The van der Waals surface area contributed by atoms with E-state index in [0.29, 0.717) is 23.8 Å². The number of hydrazone groups is 1. The normalized spacial score (nSPS) is 11.0. The van der Waals surface area contributed by atoms with Crippen molar-refractivity contribution in [1.29, 1.82) is 0 Å². The molecule has 0 bridgehead atoms. The van der Waals surface area contributed by atoms with Crippen molar-refractivity contribution >= 4 is 12.1 Å². The Morgan fingerprint density at radius 3 is 2.71 bits per heavy atom. The molecule has 2 aromatic rings. The highest BCUT2D eigenvalue weighted by Crippen LogP contribution is 2.13. The van der Waals surface area contributed by atoms with Crippen molar-refractivity contribution in [1.82, 2.24) is 5.43 Å². The fraction of sp³-hybridized carbons (Fsp3) is 0.250. The van der Waals surface area contributed by atoms with E-state index in [0.717, 1.165) is 5.75 Å². The van der Waals surface area contributed by atoms with E-state index in [-0.39, 0.29) is 5.91 Å². The van der Waals surface area contributed by atoms with Gasteiger partial charge in [-0.3, -0.25) is 4.79 Å². The minimum atomic E-state index is -0.284. The van der Waals surface area contributed by atoms with Gasteiger partial charge in [-0.1, -0.05) is 13.8 Å². The number of benzene rings is 1. The zero-order chi connectivity index (χ0) is 15.1. The molecule has 2 rings (SSSR count). The molecular formula is C16H18N2O3. The molecule has 1 aromatic carbocycles. The molecule has 0 aliphatic carbocycles. The van der Waals surface area contributed by atoms with Crippen LogP contribution in [0.25, 0.3) is 0 Å². The van der Waals surface area contributed by atoms with Crippen LogP contribution in [0.5, 0.6) is 5.75 Å². The SMILES string of the molecule is CC(C)COc1ccc(C(=O)NN=Cc2ccco2)cc1. The van der Waals surface area contributed by atoms with Gasteiger partial charge in [-0.25, -0.2) is 5.43 Å². The van der Waals surface area contributed by atoms with Gasteiger partial charge in [-0.15, -0.1) is 0 Å². The molecule has 0 unspecified atom stereocenters. The topological polar surface area (TPSA) is 63.8 Å². The fourth-order valence-corrected chi connectivity index (χ4v) is 1.55. The lowest BCUT2D eigenvalue weighted by molar-refractivity contribution is 0.0955. The summed E-state index contributed by atoms with van der Waals surface area (Å²) in [6.45, 7) is 4.82. The zero-order valence-electron chi connectivity index (χ0n) is 12.1. The second kappa shape index (κ2) is 7.28. The van der Waals surface area contributed by atoms with E-state index in [2.05, 4.69) is 24.4 Å². The molecule has 110 valence electrons. The van der Waals surface area contributed by atoms with Gasteiger partial charge < -0.3 is 9.15 Å². The van der Waals surface area contributed by atoms with Crippen LogP contribution in [0.1, 0.15) is 30.0 Å². The average molecular weight is 286 g/mol. The lowest BCUT2D eigenvalue weighted by atomic mass is 10.2. The van der Waals surface area contributed by atoms with E-state index in [1.807, 2.05) is 0 Å². The molecule has 0 saturated heterocycles. The van der Waals surface area contributed by atoms with Crippen molar-refractivity contribution in [2.75, 3.05) is 6.61 Å². The minimum absolute atomic E-state index is 0.284. The molecule has 1 aromatic heterocycles. The van der Waals surface area contributed by atoms with Gasteiger partial charge in [-0.2, -0.15) is 5.10 Å². The monoisotopic (exact) mass is 286 g/mol. The summed E-state index contributed by atoms with van der Waals surface area (Å²) in [6, 6.07) is 10.4. The Balaban J connectivity index is 1.87. The summed E-state index contributed by atoms with van der Waals surface area (Å²) >= 11 is 0. The molecule has 0 fully saturated rings. The highest BCUT2D eigenvalue weighted by atomic mass is 16.5. The predicted octanol–water partition coefficient (Wildman–Crippen LogP) is 3.08. The van der Waals surface area contributed by atoms with E-state index in [4.69, 9.17) is 9.15 Å². The van der Waals surface area contributed by atoms with Crippen LogP contribution in [-0.4, -0.2) is 18.7 Å². The number of carbonyl (C=O) groups is 1. The van der Waals surface area contributed by atoms with Gasteiger partial charge in [0.15, 0.2) is 0 Å². The van der Waals surface area contributed by atoms with Crippen molar-refractivity contribution in [3.63, 3.8) is 0 Å². The molecule has 0 atom stereocenters. The molecule has 0 aliphatic heterocycles. The summed E-state index contributed by atoms with van der Waals surface area (Å²) in [5.74, 6) is 1.50. The maximum atomic E-state index is 11.9. The highest BCUT2D eigenvalue weighted by Gasteiger charge is 2.04. The Morgan fingerprint density at radius 1 is 1.33 bits per heavy atom. The highest BCUT2D eigenvalue weighted by molar-refractivity contribution is 5.94. The van der Waals surface area contributed by atoms with Gasteiger partial charge in [0.05, 0.1) is 19.1 Å². The van der Waals surface area contributed by atoms with Crippen LogP contribution in [-0.2, 0) is 0 Å². The average Bonchev–Trinajstić information content (AvgIpc) is 2.99. The van der Waals surface area contributed by atoms with Crippen molar-refractivity contribution in [3.8, 4) is 5.75 Å². The molecule has 1 N–H and O–H groups in total. The quantitative estimate of drug-likeness (QED) is 0.655. The lowest BCUT2D eigenvalue weighted by Crippen LogP contribution is -2.17. The molecule has 21 heavy (non-hydrogen) atoms. The smallest absolute Gasteiger partial charge is 0.271 e. The number of hydrogen-bond donors (Lipinski definition) is 1. The number of nitrogens with zero attached hydrogens (tertiary/aromatic N) is 1. The summed E-state index contributed by atoms with van der Waals surface area (Å²) in [5, 5.41) is 3.82. The maximum absolute atomic E-state index is 11.9. The molecule has 0 aliphatic rings. The summed E-state index contributed by atoms with van der Waals surface area (Å²) < 4.78 is 10.6. The first-order chi connectivity index (χ1) is 10.1. The van der Waals surface area contributed by atoms with Crippen LogP contribution in [0.3, 0.4) is 0 Å². The van der Waals surface area contributed by atoms with E-state index >= 15 is 0 Å². The molecule has 1 amide bonds. The maximum Gasteiger partial charge on any atom is 0.271 e. The van der Waals surface area contributed by atoms with Gasteiger partial charge in [0.25, 0.3) is 5.91 Å². The molecule has 0 radical (unpaired) electrons. The van der Waals surface area contributed by atoms with E-state index in [9.17, 15) is 4.79 Å². The van der Waals surface area contributed by atoms with Crippen molar-refractivity contribution in [2.24, 2.45) is 11.0 Å². The van der Waals surface area contributed by atoms with Crippen LogP contribution in [0.15, 0.2) is 52.2 Å². The number of furan rings is 1. The van der Waals surface area contributed by atoms with Crippen LogP contribution in [0.4, 0.5) is 0 Å². The summed E-state index contributed by atoms with van der Waals surface area (Å²) in [4.78, 5) is 11.9. The summed E-state index contributed by atoms with van der Waals surface area (Å²) in [6.07, 6.45) is 2.98. The first-order valence-corrected chi connectivity index (χ1v) is 6.75. The third-order valence-corrected chi connectivity index (χ3v) is 2.60. The number of ether oxygens (including phenoxy) is 1.